The molecule has 0 bridgehead atoms. The number of ether oxygens (including phenoxy) is 5. The minimum Gasteiger partial charge on any atom is -0.463 e. The van der Waals surface area contributed by atoms with E-state index in [0.29, 0.717) is 23.1 Å². The van der Waals surface area contributed by atoms with Crippen LogP contribution in [0.5, 0.6) is 0 Å². The molecule has 0 amide bonds. The van der Waals surface area contributed by atoms with Gasteiger partial charge in [0.15, 0.2) is 24.1 Å². The monoisotopic (exact) mass is 540 g/mol. The van der Waals surface area contributed by atoms with Crippen molar-refractivity contribution in [1.29, 1.82) is 0 Å². The standard InChI is InChI=1S/C29H32O10/c1-16(30)25-22(14-21-10-7-6-8-11-21)12-9-13-23(25)26-28(37-19(4)33)29(38-20(5)34)27(36-18(3)32)24(39-26)15-35-17(2)31/h6-13,24,26-29H,14-15H2,1-5H3/t24-,26+,27-,28+,29+/m1/s1. The first-order chi connectivity index (χ1) is 18.5. The van der Waals surface area contributed by atoms with E-state index in [4.69, 9.17) is 23.7 Å². The third kappa shape index (κ3) is 7.73. The summed E-state index contributed by atoms with van der Waals surface area (Å²) < 4.78 is 28.0. The van der Waals surface area contributed by atoms with Gasteiger partial charge in [-0.3, -0.25) is 24.0 Å². The van der Waals surface area contributed by atoms with Gasteiger partial charge < -0.3 is 23.7 Å². The summed E-state index contributed by atoms with van der Waals surface area (Å²) >= 11 is 0. The Hall–Kier alpha value is -4.05. The maximum atomic E-state index is 13.0. The lowest BCUT2D eigenvalue weighted by Crippen LogP contribution is -2.59. The second-order valence-corrected chi connectivity index (χ2v) is 9.22. The zero-order valence-electron chi connectivity index (χ0n) is 22.5. The van der Waals surface area contributed by atoms with Gasteiger partial charge in [-0.15, -0.1) is 0 Å². The maximum absolute atomic E-state index is 13.0. The summed E-state index contributed by atoms with van der Waals surface area (Å²) in [6.45, 7) is 5.74. The van der Waals surface area contributed by atoms with Crippen molar-refractivity contribution in [3.8, 4) is 0 Å². The van der Waals surface area contributed by atoms with Gasteiger partial charge >= 0.3 is 23.9 Å². The van der Waals surface area contributed by atoms with Crippen LogP contribution in [-0.2, 0) is 49.3 Å². The Balaban J connectivity index is 2.18. The van der Waals surface area contributed by atoms with E-state index >= 15 is 0 Å². The van der Waals surface area contributed by atoms with Crippen molar-refractivity contribution in [2.75, 3.05) is 6.61 Å². The van der Waals surface area contributed by atoms with Crippen LogP contribution in [0, 0.1) is 0 Å². The summed E-state index contributed by atoms with van der Waals surface area (Å²) in [6.07, 6.45) is -5.72. The Bertz CT molecular complexity index is 1220. The second kappa shape index (κ2) is 13.1. The molecule has 3 rings (SSSR count). The van der Waals surface area contributed by atoms with Crippen molar-refractivity contribution in [3.63, 3.8) is 0 Å². The Morgan fingerprint density at radius 1 is 0.692 bits per heavy atom. The molecule has 1 heterocycles. The zero-order valence-corrected chi connectivity index (χ0v) is 22.5. The first-order valence-electron chi connectivity index (χ1n) is 12.4. The molecule has 0 aliphatic carbocycles. The van der Waals surface area contributed by atoms with E-state index in [9.17, 15) is 24.0 Å². The van der Waals surface area contributed by atoms with Gasteiger partial charge in [0.05, 0.1) is 0 Å². The first-order valence-corrected chi connectivity index (χ1v) is 12.4. The molecular formula is C29H32O10. The summed E-state index contributed by atoms with van der Waals surface area (Å²) in [6, 6.07) is 14.8. The molecule has 5 atom stereocenters. The van der Waals surface area contributed by atoms with Gasteiger partial charge in [0.2, 0.25) is 0 Å². The highest BCUT2D eigenvalue weighted by molar-refractivity contribution is 5.97. The molecule has 0 saturated carbocycles. The van der Waals surface area contributed by atoms with Gasteiger partial charge in [-0.1, -0.05) is 48.5 Å². The predicted molar refractivity (Wildman–Crippen MR) is 137 cm³/mol. The molecule has 0 N–H and O–H groups in total. The van der Waals surface area contributed by atoms with E-state index in [2.05, 4.69) is 0 Å². The fourth-order valence-electron chi connectivity index (χ4n) is 4.73. The Morgan fingerprint density at radius 2 is 1.28 bits per heavy atom. The highest BCUT2D eigenvalue weighted by Crippen LogP contribution is 2.40. The van der Waals surface area contributed by atoms with Crippen molar-refractivity contribution < 1.29 is 47.7 Å². The van der Waals surface area contributed by atoms with Crippen molar-refractivity contribution >= 4 is 29.7 Å². The molecule has 1 fully saturated rings. The molecule has 2 aromatic rings. The molecule has 1 aliphatic heterocycles. The topological polar surface area (TPSA) is 132 Å². The van der Waals surface area contributed by atoms with Crippen LogP contribution in [0.25, 0.3) is 0 Å². The average molecular weight is 541 g/mol. The molecule has 1 aliphatic rings. The number of carbonyl (C=O) groups is 5. The lowest BCUT2D eigenvalue weighted by Gasteiger charge is -2.45. The molecule has 0 spiro atoms. The highest BCUT2D eigenvalue weighted by atomic mass is 16.7. The van der Waals surface area contributed by atoms with Crippen molar-refractivity contribution in [3.05, 3.63) is 70.8 Å². The SMILES string of the molecule is CC(=O)OC[C@H]1O[C@@H](c2cccc(Cc3ccccc3)c2C(C)=O)[C@H](OC(C)=O)[C@@H](OC(C)=O)[C@@H]1OC(C)=O. The quantitative estimate of drug-likeness (QED) is 0.265. The van der Waals surface area contributed by atoms with Gasteiger partial charge in [-0.05, 0) is 30.0 Å². The lowest BCUT2D eigenvalue weighted by molar-refractivity contribution is -0.254. The van der Waals surface area contributed by atoms with Crippen LogP contribution in [0.3, 0.4) is 0 Å². The summed E-state index contributed by atoms with van der Waals surface area (Å²) in [5.41, 5.74) is 2.41. The largest absolute Gasteiger partial charge is 0.463 e. The predicted octanol–water partition coefficient (Wildman–Crippen LogP) is 3.28. The van der Waals surface area contributed by atoms with Crippen LogP contribution in [0.15, 0.2) is 48.5 Å². The van der Waals surface area contributed by atoms with Crippen molar-refractivity contribution in [2.45, 2.75) is 71.6 Å². The third-order valence-corrected chi connectivity index (χ3v) is 6.07. The second-order valence-electron chi connectivity index (χ2n) is 9.22. The highest BCUT2D eigenvalue weighted by Gasteiger charge is 2.53. The van der Waals surface area contributed by atoms with Gasteiger partial charge in [-0.2, -0.15) is 0 Å². The number of hydrogen-bond acceptors (Lipinski definition) is 10. The van der Waals surface area contributed by atoms with Crippen molar-refractivity contribution in [2.24, 2.45) is 0 Å². The number of benzene rings is 2. The summed E-state index contributed by atoms with van der Waals surface area (Å²) in [5, 5.41) is 0. The van der Waals surface area contributed by atoms with E-state index in [1.807, 2.05) is 36.4 Å². The number of rotatable bonds is 9. The van der Waals surface area contributed by atoms with E-state index in [1.165, 1.54) is 20.8 Å². The Morgan fingerprint density at radius 3 is 1.85 bits per heavy atom. The maximum Gasteiger partial charge on any atom is 0.303 e. The molecule has 0 aromatic heterocycles. The molecular weight excluding hydrogens is 508 g/mol. The summed E-state index contributed by atoms with van der Waals surface area (Å²) in [4.78, 5) is 61.0. The molecule has 10 heteroatoms. The molecule has 1 saturated heterocycles. The lowest BCUT2D eigenvalue weighted by atomic mass is 9.85. The van der Waals surface area contributed by atoms with E-state index in [-0.39, 0.29) is 12.4 Å². The van der Waals surface area contributed by atoms with Crippen LogP contribution in [-0.4, -0.2) is 60.7 Å². The van der Waals surface area contributed by atoms with Gasteiger partial charge in [0, 0.05) is 33.3 Å². The molecule has 0 unspecified atom stereocenters. The summed E-state index contributed by atoms with van der Waals surface area (Å²) in [7, 11) is 0. The number of hydrogen-bond donors (Lipinski definition) is 0. The fraction of sp³-hybridized carbons (Fsp3) is 0.414. The number of ketones is 1. The third-order valence-electron chi connectivity index (χ3n) is 6.07. The summed E-state index contributed by atoms with van der Waals surface area (Å²) in [5.74, 6) is -3.04. The number of esters is 4. The number of carbonyl (C=O) groups excluding carboxylic acids is 5. The molecule has 2 aromatic carbocycles. The van der Waals surface area contributed by atoms with Gasteiger partial charge in [0.25, 0.3) is 0 Å². The van der Waals surface area contributed by atoms with E-state index in [0.717, 1.165) is 19.4 Å². The molecule has 39 heavy (non-hydrogen) atoms. The van der Waals surface area contributed by atoms with Gasteiger partial charge in [0.1, 0.15) is 18.8 Å². The first kappa shape index (κ1) is 29.5. The average Bonchev–Trinajstić information content (AvgIpc) is 2.85. The normalized spacial score (nSPS) is 22.3. The molecule has 208 valence electrons. The van der Waals surface area contributed by atoms with Gasteiger partial charge in [-0.25, -0.2) is 0 Å². The molecule has 10 nitrogen and oxygen atoms in total. The van der Waals surface area contributed by atoms with E-state index < -0.39 is 54.4 Å². The van der Waals surface area contributed by atoms with E-state index in [1.54, 1.807) is 12.1 Å². The minimum atomic E-state index is -1.33. The Labute approximate surface area is 226 Å². The van der Waals surface area contributed by atoms with Crippen molar-refractivity contribution in [1.82, 2.24) is 0 Å². The number of Topliss-reactive ketones (excluding diaryl/α,β-unsaturated/α-hetero) is 1. The van der Waals surface area contributed by atoms with Crippen LogP contribution in [0.1, 0.15) is 67.8 Å². The fourth-order valence-corrected chi connectivity index (χ4v) is 4.73. The molecule has 0 radical (unpaired) electrons. The Kier molecular flexibility index (Phi) is 9.95. The van der Waals surface area contributed by atoms with Crippen LogP contribution < -0.4 is 0 Å². The van der Waals surface area contributed by atoms with Crippen LogP contribution in [0.4, 0.5) is 0 Å². The smallest absolute Gasteiger partial charge is 0.303 e. The minimum absolute atomic E-state index is 0.260. The van der Waals surface area contributed by atoms with Crippen LogP contribution in [0.2, 0.25) is 0 Å². The zero-order chi connectivity index (χ0) is 28.7. The van der Waals surface area contributed by atoms with Crippen LogP contribution >= 0.6 is 0 Å².